The summed E-state index contributed by atoms with van der Waals surface area (Å²) in [7, 11) is 0. The van der Waals surface area contributed by atoms with Crippen LogP contribution in [-0.4, -0.2) is 51.7 Å². The van der Waals surface area contributed by atoms with Crippen LogP contribution in [0.4, 0.5) is 0 Å². The van der Waals surface area contributed by atoms with Gasteiger partial charge in [-0.2, -0.15) is 0 Å². The third-order valence-corrected chi connectivity index (χ3v) is 0. The summed E-state index contributed by atoms with van der Waals surface area (Å²) in [4.78, 5) is 0. The van der Waals surface area contributed by atoms with Crippen molar-refractivity contribution >= 4 is 51.7 Å². The van der Waals surface area contributed by atoms with Crippen molar-refractivity contribution in [2.24, 2.45) is 0 Å². The van der Waals surface area contributed by atoms with Gasteiger partial charge in [0.15, 0.2) is 0 Å². The molecule has 0 aliphatic heterocycles. The van der Waals surface area contributed by atoms with Crippen LogP contribution in [0.1, 0.15) is 0 Å². The molecule has 0 aromatic heterocycles. The molecule has 0 saturated heterocycles. The molecule has 0 aromatic carbocycles. The Bertz CT molecular complexity index is 11.6. The molecule has 0 heterocycles. The molecule has 5 heteroatoms. The molecule has 0 saturated carbocycles. The van der Waals surface area contributed by atoms with Gasteiger partial charge in [-0.1, -0.05) is 0 Å². The molecule has 0 atom stereocenters. The van der Waals surface area contributed by atoms with Crippen LogP contribution in [0.15, 0.2) is 0 Å². The number of rotatable bonds is 0. The van der Waals surface area contributed by atoms with E-state index in [1.807, 2.05) is 0 Å². The van der Waals surface area contributed by atoms with Crippen molar-refractivity contribution in [3.05, 3.63) is 0 Å². The van der Waals surface area contributed by atoms with Crippen LogP contribution in [0.2, 0.25) is 0 Å². The second kappa shape index (κ2) is 25.5. The van der Waals surface area contributed by atoms with Crippen molar-refractivity contribution in [2.75, 3.05) is 0 Å². The first-order valence-electron chi connectivity index (χ1n) is 0. The quantitative estimate of drug-likeness (QED) is 0.255. The van der Waals surface area contributed by atoms with Crippen LogP contribution >= 0.6 is 0 Å². The second-order valence-corrected chi connectivity index (χ2v) is 0. The van der Waals surface area contributed by atoms with E-state index >= 15 is 0 Å². The molecule has 0 fully saturated rings. The zero-order chi connectivity index (χ0) is 0. The van der Waals surface area contributed by atoms with E-state index in [-0.39, 0.29) is 110 Å². The minimum atomic E-state index is 0. The standard InChI is InChI=1S/Cu.Pb.Pd.Pt.Sb.5H. The first-order chi connectivity index (χ1) is 0. The second-order valence-electron chi connectivity index (χ2n) is 0. The van der Waals surface area contributed by atoms with Gasteiger partial charge in [-0.05, 0) is 0 Å². The van der Waals surface area contributed by atoms with Crippen molar-refractivity contribution < 1.29 is 58.6 Å². The van der Waals surface area contributed by atoms with E-state index in [4.69, 9.17) is 0 Å². The normalized spacial score (nSPS) is 0. The van der Waals surface area contributed by atoms with Crippen LogP contribution in [0.25, 0.3) is 0 Å². The SMILES string of the molecule is [Cu].[PbH2].[Pd].[Pt].[SbH3]. The molecule has 0 amide bonds. The van der Waals surface area contributed by atoms with E-state index in [0.29, 0.717) is 0 Å². The topological polar surface area (TPSA) is 0 Å². The van der Waals surface area contributed by atoms with E-state index in [2.05, 4.69) is 0 Å². The fourth-order valence-corrected chi connectivity index (χ4v) is 0. The van der Waals surface area contributed by atoms with Gasteiger partial charge in [-0.15, -0.1) is 0 Å². The summed E-state index contributed by atoms with van der Waals surface area (Å²) in [6.07, 6.45) is 0. The molecule has 0 nitrogen and oxygen atoms in total. The van der Waals surface area contributed by atoms with Gasteiger partial charge in [-0.3, -0.25) is 0 Å². The van der Waals surface area contributed by atoms with Gasteiger partial charge in [0.1, 0.15) is 0 Å². The molecule has 5 heavy (non-hydrogen) atoms. The van der Waals surface area contributed by atoms with Gasteiger partial charge in [0.25, 0.3) is 0 Å². The Morgan fingerprint density at radius 2 is 1.00 bits per heavy atom. The third-order valence-electron chi connectivity index (χ3n) is 0. The summed E-state index contributed by atoms with van der Waals surface area (Å²) in [5.41, 5.74) is 0. The zero-order valence-corrected chi connectivity index (χ0v) is 16.7. The molecule has 3 radical (unpaired) electrons. The minimum absolute atomic E-state index is 0. The van der Waals surface area contributed by atoms with Crippen LogP contribution in [-0.2, 0) is 58.6 Å². The Kier molecular flexibility index (Phi) is 195. The van der Waals surface area contributed by atoms with Crippen LogP contribution in [0.5, 0.6) is 0 Å². The molecule has 0 aliphatic carbocycles. The van der Waals surface area contributed by atoms with E-state index in [1.165, 1.54) is 0 Å². The van der Waals surface area contributed by atoms with E-state index in [0.717, 1.165) is 0 Å². The first kappa shape index (κ1) is 38.3. The summed E-state index contributed by atoms with van der Waals surface area (Å²) < 4.78 is 0. The van der Waals surface area contributed by atoms with E-state index in [9.17, 15) is 0 Å². The molecule has 0 bridgehead atoms. The Labute approximate surface area is 108 Å². The van der Waals surface area contributed by atoms with Crippen LogP contribution in [0, 0.1) is 0 Å². The van der Waals surface area contributed by atoms with Crippen molar-refractivity contribution in [3.63, 3.8) is 0 Å². The van der Waals surface area contributed by atoms with Gasteiger partial charge in [0, 0.05) is 58.6 Å². The van der Waals surface area contributed by atoms with Gasteiger partial charge < -0.3 is 0 Å². The molecule has 0 N–H and O–H groups in total. The summed E-state index contributed by atoms with van der Waals surface area (Å²) in [6, 6.07) is 0. The Hall–Kier alpha value is 3.61. The fourth-order valence-electron chi connectivity index (χ4n) is 0. The number of hydrogen-bond acceptors (Lipinski definition) is 0. The third kappa shape index (κ3) is 18.4. The van der Waals surface area contributed by atoms with Crippen LogP contribution < -0.4 is 0 Å². The molecular weight excluding hydrogens is 694 g/mol. The summed E-state index contributed by atoms with van der Waals surface area (Å²) in [5.74, 6) is 0. The molecule has 0 spiro atoms. The molecule has 0 unspecified atom stereocenters. The van der Waals surface area contributed by atoms with Crippen molar-refractivity contribution in [1.29, 1.82) is 0 Å². The maximum atomic E-state index is 0. The van der Waals surface area contributed by atoms with Crippen molar-refractivity contribution in [1.82, 2.24) is 0 Å². The summed E-state index contributed by atoms with van der Waals surface area (Å²) in [5, 5.41) is 0. The van der Waals surface area contributed by atoms with Gasteiger partial charge >= 0.3 is 51.7 Å². The van der Waals surface area contributed by atoms with Crippen molar-refractivity contribution in [3.8, 4) is 0 Å². The summed E-state index contributed by atoms with van der Waals surface area (Å²) >= 11 is 0. The predicted molar refractivity (Wildman–Crippen MR) is 18.5 cm³/mol. The summed E-state index contributed by atoms with van der Waals surface area (Å²) in [6.45, 7) is 0. The first-order valence-corrected chi connectivity index (χ1v) is 0. The van der Waals surface area contributed by atoms with Gasteiger partial charge in [-0.25, -0.2) is 0 Å². The maximum absolute atomic E-state index is 0. The van der Waals surface area contributed by atoms with E-state index < -0.39 is 0 Å². The monoisotopic (exact) mass is 698 g/mol. The predicted octanol–water partition coefficient (Wildman–Crippen LogP) is -2.11. The molecule has 0 aromatic rings. The fraction of sp³-hybridized carbons (Fsp3) is 0. The molecule has 45 valence electrons. The average molecular weight is 699 g/mol. The van der Waals surface area contributed by atoms with Gasteiger partial charge in [0.2, 0.25) is 0 Å². The zero-order valence-electron chi connectivity index (χ0n) is 2.35. The molecule has 0 rings (SSSR count). The van der Waals surface area contributed by atoms with Gasteiger partial charge in [0.05, 0.1) is 0 Å². The van der Waals surface area contributed by atoms with Crippen LogP contribution in [0.3, 0.4) is 0 Å². The van der Waals surface area contributed by atoms with Crippen molar-refractivity contribution in [2.45, 2.75) is 0 Å². The Morgan fingerprint density at radius 1 is 1.00 bits per heavy atom. The molecule has 0 aliphatic rings. The Balaban J connectivity index is 0. The van der Waals surface area contributed by atoms with E-state index in [1.54, 1.807) is 0 Å². The molecular formula is H5CuPbPdPtSb. The number of hydrogen-bond donors (Lipinski definition) is 0. The Morgan fingerprint density at radius 3 is 1.00 bits per heavy atom. The average Bonchev–Trinajstić information content (AvgIpc) is 0.